The number of hydrogen-bond donors (Lipinski definition) is 2. The van der Waals surface area contributed by atoms with Gasteiger partial charge < -0.3 is 34.3 Å². The second-order valence-corrected chi connectivity index (χ2v) is 11.1. The number of carbonyl (C=O) groups excluding carboxylic acids is 6. The van der Waals surface area contributed by atoms with Gasteiger partial charge in [-0.05, 0) is 12.8 Å². The Balaban J connectivity index is 5.66. The van der Waals surface area contributed by atoms with E-state index in [-0.39, 0.29) is 0 Å². The molecular weight excluding hydrogens is 575 g/mol. The van der Waals surface area contributed by atoms with E-state index in [4.69, 9.17) is 49.0 Å². The van der Waals surface area contributed by atoms with Gasteiger partial charge in [0.2, 0.25) is 9.90 Å². The number of nitrogens with one attached hydrogen (secondary N) is 2. The van der Waals surface area contributed by atoms with Gasteiger partial charge in [-0.25, -0.2) is 19.2 Å². The molecule has 0 aromatic heterocycles. The number of hydrogen-bond acceptors (Lipinski definition) is 11. The van der Waals surface area contributed by atoms with Crippen molar-refractivity contribution < 1.29 is 52.5 Å². The van der Waals surface area contributed by atoms with Crippen LogP contribution in [0.25, 0.3) is 0 Å². The predicted octanol–water partition coefficient (Wildman–Crippen LogP) is 1.83. The Morgan fingerprint density at radius 1 is 0.763 bits per heavy atom. The summed E-state index contributed by atoms with van der Waals surface area (Å²) in [4.78, 5) is 73.9. The van der Waals surface area contributed by atoms with Gasteiger partial charge >= 0.3 is 30.0 Å². The fraction of sp³-hybridized carbons (Fsp3) is 0.727. The summed E-state index contributed by atoms with van der Waals surface area (Å²) in [6, 6.07) is -2.84. The summed E-state index contributed by atoms with van der Waals surface area (Å²) in [5.74, 6) is -6.01. The van der Waals surface area contributed by atoms with Crippen LogP contribution in [0.1, 0.15) is 41.0 Å². The first-order valence-corrected chi connectivity index (χ1v) is 12.4. The predicted molar refractivity (Wildman–Crippen MR) is 134 cm³/mol. The van der Waals surface area contributed by atoms with Crippen LogP contribution in [0, 0.1) is 11.8 Å². The van der Waals surface area contributed by atoms with E-state index in [1.54, 1.807) is 27.7 Å². The van der Waals surface area contributed by atoms with E-state index in [1.807, 2.05) is 0 Å². The molecular formula is C22H33Cl3N2O11. The molecule has 0 bridgehead atoms. The van der Waals surface area contributed by atoms with Crippen LogP contribution in [-0.2, 0) is 47.7 Å². The second kappa shape index (κ2) is 16.5. The van der Waals surface area contributed by atoms with Gasteiger partial charge in [0.05, 0.1) is 20.6 Å². The lowest BCUT2D eigenvalue weighted by Crippen LogP contribution is -2.51. The number of amides is 2. The molecule has 0 aromatic carbocycles. The minimum Gasteiger partial charge on any atom is -0.466 e. The Morgan fingerprint density at radius 2 is 1.34 bits per heavy atom. The maximum Gasteiger partial charge on any atom is 0.407 e. The molecule has 218 valence electrons. The number of halogens is 3. The van der Waals surface area contributed by atoms with Crippen molar-refractivity contribution >= 4 is 70.7 Å². The molecule has 0 radical (unpaired) electrons. The molecule has 13 nitrogen and oxygen atoms in total. The number of alkyl carbamates (subject to hydrolysis) is 1. The molecule has 0 saturated heterocycles. The third kappa shape index (κ3) is 13.3. The lowest BCUT2D eigenvalue weighted by atomic mass is 10.1. The quantitative estimate of drug-likeness (QED) is 0.178. The Bertz CT molecular complexity index is 862. The minimum atomic E-state index is -1.93. The molecule has 4 unspecified atom stereocenters. The van der Waals surface area contributed by atoms with Gasteiger partial charge in [0.25, 0.3) is 5.91 Å². The van der Waals surface area contributed by atoms with Crippen LogP contribution in [0.4, 0.5) is 4.79 Å². The van der Waals surface area contributed by atoms with Gasteiger partial charge in [-0.15, -0.1) is 0 Å². The lowest BCUT2D eigenvalue weighted by Gasteiger charge is -2.25. The molecule has 38 heavy (non-hydrogen) atoms. The van der Waals surface area contributed by atoms with Gasteiger partial charge in [-0.1, -0.05) is 62.5 Å². The average molecular weight is 608 g/mol. The van der Waals surface area contributed by atoms with E-state index >= 15 is 0 Å². The second-order valence-electron chi connectivity index (χ2n) is 8.60. The molecule has 0 aliphatic rings. The largest absolute Gasteiger partial charge is 0.466 e. The normalized spacial score (nSPS) is 14.4. The highest BCUT2D eigenvalue weighted by Gasteiger charge is 2.36. The standard InChI is InChI=1S/C22H33Cl3N2O11/c1-10(2)15(27-21(33)35-7)19(31)37-12(5)17(29)26-13(8-14(28)36-9-22(23,24)25)18(30)38-16(11(3)4)20(32)34-6/h10-13,15-16H,8-9H2,1-7H3,(H,26,29)(H,27,33). The smallest absolute Gasteiger partial charge is 0.407 e. The van der Waals surface area contributed by atoms with Gasteiger partial charge in [0, 0.05) is 5.92 Å². The van der Waals surface area contributed by atoms with Gasteiger partial charge in [-0.3, -0.25) is 9.59 Å². The van der Waals surface area contributed by atoms with E-state index in [0.29, 0.717) is 0 Å². The van der Waals surface area contributed by atoms with Gasteiger partial charge in [0.15, 0.2) is 6.10 Å². The van der Waals surface area contributed by atoms with Crippen LogP contribution < -0.4 is 10.6 Å². The molecule has 0 aliphatic carbocycles. The number of methoxy groups -OCH3 is 2. The molecule has 0 saturated carbocycles. The summed E-state index contributed by atoms with van der Waals surface area (Å²) < 4.78 is 22.2. The van der Waals surface area contributed by atoms with Crippen LogP contribution in [0.5, 0.6) is 0 Å². The van der Waals surface area contributed by atoms with Crippen LogP contribution >= 0.6 is 34.8 Å². The molecule has 0 heterocycles. The lowest BCUT2D eigenvalue weighted by molar-refractivity contribution is -0.172. The van der Waals surface area contributed by atoms with E-state index in [0.717, 1.165) is 14.2 Å². The SMILES string of the molecule is COC(=O)NC(C(=O)OC(C)C(=O)NC(CC(=O)OCC(Cl)(Cl)Cl)C(=O)OC(C(=O)OC)C(C)C)C(C)C. The Morgan fingerprint density at radius 3 is 1.79 bits per heavy atom. The van der Waals surface area contributed by atoms with Crippen molar-refractivity contribution in [1.29, 1.82) is 0 Å². The van der Waals surface area contributed by atoms with Crippen LogP contribution in [0.3, 0.4) is 0 Å². The van der Waals surface area contributed by atoms with Crippen molar-refractivity contribution in [3.8, 4) is 0 Å². The molecule has 2 N–H and O–H groups in total. The van der Waals surface area contributed by atoms with Crippen LogP contribution in [0.2, 0.25) is 0 Å². The molecule has 0 aliphatic heterocycles. The van der Waals surface area contributed by atoms with E-state index in [1.165, 1.54) is 6.92 Å². The number of rotatable bonds is 13. The fourth-order valence-corrected chi connectivity index (χ4v) is 2.80. The van der Waals surface area contributed by atoms with Crippen molar-refractivity contribution in [3.05, 3.63) is 0 Å². The molecule has 0 aromatic rings. The van der Waals surface area contributed by atoms with E-state index in [9.17, 15) is 28.8 Å². The molecule has 0 fully saturated rings. The molecule has 0 spiro atoms. The summed E-state index contributed by atoms with van der Waals surface area (Å²) in [6.45, 7) is 6.93. The number of esters is 4. The van der Waals surface area contributed by atoms with Crippen LogP contribution in [-0.4, -0.2) is 84.8 Å². The number of ether oxygens (including phenoxy) is 5. The van der Waals surface area contributed by atoms with E-state index < -0.39 is 88.8 Å². The van der Waals surface area contributed by atoms with Crippen molar-refractivity contribution in [2.45, 2.75) is 69.1 Å². The van der Waals surface area contributed by atoms with Crippen molar-refractivity contribution in [1.82, 2.24) is 10.6 Å². The Kier molecular flexibility index (Phi) is 15.4. The number of carbonyl (C=O) groups is 6. The first-order valence-electron chi connectivity index (χ1n) is 11.3. The maximum atomic E-state index is 12.8. The zero-order chi connectivity index (χ0) is 29.8. The zero-order valence-electron chi connectivity index (χ0n) is 22.0. The molecule has 0 rings (SSSR count). The minimum absolute atomic E-state index is 0.432. The fourth-order valence-electron chi connectivity index (χ4n) is 2.63. The zero-order valence-corrected chi connectivity index (χ0v) is 24.3. The van der Waals surface area contributed by atoms with Crippen LogP contribution in [0.15, 0.2) is 0 Å². The Hall–Kier alpha value is -2.51. The third-order valence-corrected chi connectivity index (χ3v) is 5.02. The van der Waals surface area contributed by atoms with Crippen molar-refractivity contribution in [2.75, 3.05) is 20.8 Å². The summed E-state index contributed by atoms with van der Waals surface area (Å²) in [7, 11) is 2.20. The molecule has 4 atom stereocenters. The Labute approximate surface area is 235 Å². The summed E-state index contributed by atoms with van der Waals surface area (Å²) in [6.07, 6.45) is -4.51. The topological polar surface area (TPSA) is 173 Å². The molecule has 2 amide bonds. The average Bonchev–Trinajstić information content (AvgIpc) is 2.81. The highest BCUT2D eigenvalue weighted by atomic mass is 35.6. The first kappa shape index (κ1) is 35.5. The first-order chi connectivity index (χ1) is 17.4. The number of alkyl halides is 3. The highest BCUT2D eigenvalue weighted by Crippen LogP contribution is 2.26. The summed E-state index contributed by atoms with van der Waals surface area (Å²) in [5.41, 5.74) is 0. The third-order valence-electron chi connectivity index (χ3n) is 4.69. The monoisotopic (exact) mass is 606 g/mol. The maximum absolute atomic E-state index is 12.8. The van der Waals surface area contributed by atoms with Gasteiger partial charge in [-0.2, -0.15) is 0 Å². The molecule has 16 heteroatoms. The van der Waals surface area contributed by atoms with Gasteiger partial charge in [0.1, 0.15) is 18.7 Å². The highest BCUT2D eigenvalue weighted by molar-refractivity contribution is 6.67. The summed E-state index contributed by atoms with van der Waals surface area (Å²) in [5, 5.41) is 4.51. The van der Waals surface area contributed by atoms with E-state index in [2.05, 4.69) is 20.1 Å². The summed E-state index contributed by atoms with van der Waals surface area (Å²) >= 11 is 16.7. The van der Waals surface area contributed by atoms with Crippen molar-refractivity contribution in [3.63, 3.8) is 0 Å². The van der Waals surface area contributed by atoms with Crippen molar-refractivity contribution in [2.24, 2.45) is 11.8 Å².